The lowest BCUT2D eigenvalue weighted by Gasteiger charge is -2.26. The summed E-state index contributed by atoms with van der Waals surface area (Å²) < 4.78 is 60.9. The topological polar surface area (TPSA) is 103 Å². The van der Waals surface area contributed by atoms with Crippen molar-refractivity contribution in [2.45, 2.75) is 32.7 Å². The number of carbonyl (C=O) groups excluding carboxylic acids is 1. The largest absolute Gasteiger partial charge is 0.490 e. The molecule has 1 aliphatic heterocycles. The van der Waals surface area contributed by atoms with Crippen molar-refractivity contribution in [3.05, 3.63) is 125 Å². The van der Waals surface area contributed by atoms with Crippen LogP contribution in [0.5, 0.6) is 11.5 Å². The number of ether oxygens (including phenoxy) is 3. The SMILES string of the molecule is CCOC(=O)C1=C(C(F)(F)F)N=c2s/c(=C\c3ccc(OCc4ccccc4C#N)c(OCC)c3)c(=O)n2[C@H]1c1ccc(Cl)cc1. The Kier molecular flexibility index (Phi) is 9.65. The number of benzene rings is 3. The van der Waals surface area contributed by atoms with Crippen LogP contribution in [-0.2, 0) is 16.1 Å². The van der Waals surface area contributed by atoms with E-state index >= 15 is 0 Å². The normalized spacial score (nSPS) is 14.7. The molecule has 0 saturated carbocycles. The predicted octanol–water partition coefficient (Wildman–Crippen LogP) is 5.84. The Morgan fingerprint density at radius 1 is 1.07 bits per heavy atom. The quantitative estimate of drug-likeness (QED) is 0.208. The third kappa shape index (κ3) is 6.71. The van der Waals surface area contributed by atoms with Crippen LogP contribution in [0.4, 0.5) is 13.2 Å². The molecule has 13 heteroatoms. The number of hydrogen-bond donors (Lipinski definition) is 0. The molecule has 3 aromatic carbocycles. The lowest BCUT2D eigenvalue weighted by molar-refractivity contribution is -0.140. The molecule has 236 valence electrons. The van der Waals surface area contributed by atoms with Crippen LogP contribution in [0.3, 0.4) is 0 Å². The van der Waals surface area contributed by atoms with Crippen molar-refractivity contribution in [3.8, 4) is 17.6 Å². The van der Waals surface area contributed by atoms with Gasteiger partial charge in [0.25, 0.3) is 5.56 Å². The highest BCUT2D eigenvalue weighted by Crippen LogP contribution is 2.38. The van der Waals surface area contributed by atoms with E-state index in [0.29, 0.717) is 39.8 Å². The summed E-state index contributed by atoms with van der Waals surface area (Å²) in [4.78, 5) is 30.4. The van der Waals surface area contributed by atoms with E-state index in [9.17, 15) is 28.0 Å². The van der Waals surface area contributed by atoms with Gasteiger partial charge in [-0.25, -0.2) is 9.79 Å². The number of carbonyl (C=O) groups is 1. The first-order valence-electron chi connectivity index (χ1n) is 14.0. The van der Waals surface area contributed by atoms with Gasteiger partial charge in [-0.3, -0.25) is 9.36 Å². The van der Waals surface area contributed by atoms with Gasteiger partial charge in [0.1, 0.15) is 6.61 Å². The summed E-state index contributed by atoms with van der Waals surface area (Å²) in [7, 11) is 0. The summed E-state index contributed by atoms with van der Waals surface area (Å²) in [5.41, 5.74) is -1.00. The molecule has 0 aliphatic carbocycles. The van der Waals surface area contributed by atoms with Gasteiger partial charge in [-0.05, 0) is 61.4 Å². The molecule has 4 aromatic rings. The van der Waals surface area contributed by atoms with Crippen molar-refractivity contribution in [3.63, 3.8) is 0 Å². The zero-order chi connectivity index (χ0) is 33.0. The van der Waals surface area contributed by atoms with Gasteiger partial charge in [-0.2, -0.15) is 18.4 Å². The Hall–Kier alpha value is -4.86. The standard InChI is InChI=1S/C33H25ClF3N3O5S/c1-3-43-25-15-19(9-14-24(25)45-18-22-8-6-5-7-21(22)17-38)16-26-30(41)40-28(20-10-12-23(34)13-11-20)27(31(42)44-4-2)29(33(35,36)37)39-32(40)46-26/h5-16,28H,3-4,18H2,1-2H3/b26-16-/t28-/m0/s1. The maximum atomic E-state index is 14.3. The number of esters is 1. The molecule has 0 fully saturated rings. The zero-order valence-corrected chi connectivity index (χ0v) is 26.0. The van der Waals surface area contributed by atoms with Gasteiger partial charge in [-0.1, -0.05) is 59.3 Å². The maximum Gasteiger partial charge on any atom is 0.434 e. The van der Waals surface area contributed by atoms with Gasteiger partial charge >= 0.3 is 12.1 Å². The zero-order valence-electron chi connectivity index (χ0n) is 24.4. The Morgan fingerprint density at radius 2 is 1.80 bits per heavy atom. The van der Waals surface area contributed by atoms with Crippen LogP contribution in [0.15, 0.2) is 87.8 Å². The number of alkyl halides is 3. The van der Waals surface area contributed by atoms with Gasteiger partial charge in [0, 0.05) is 10.6 Å². The molecule has 1 aliphatic rings. The molecule has 5 rings (SSSR count). The smallest absolute Gasteiger partial charge is 0.434 e. The van der Waals surface area contributed by atoms with Crippen molar-refractivity contribution in [1.82, 2.24) is 4.57 Å². The summed E-state index contributed by atoms with van der Waals surface area (Å²) in [6.45, 7) is 3.48. The average Bonchev–Trinajstić information content (AvgIpc) is 3.34. The minimum atomic E-state index is -5.02. The molecule has 2 heterocycles. The number of rotatable bonds is 9. The van der Waals surface area contributed by atoms with Crippen LogP contribution >= 0.6 is 22.9 Å². The molecule has 46 heavy (non-hydrogen) atoms. The van der Waals surface area contributed by atoms with E-state index in [4.69, 9.17) is 25.8 Å². The summed E-state index contributed by atoms with van der Waals surface area (Å²) in [6, 6.07) is 18.4. The monoisotopic (exact) mass is 667 g/mol. The molecule has 0 amide bonds. The number of hydrogen-bond acceptors (Lipinski definition) is 8. The number of nitrogens with zero attached hydrogens (tertiary/aromatic N) is 3. The van der Waals surface area contributed by atoms with E-state index in [1.807, 2.05) is 0 Å². The number of halogens is 4. The Morgan fingerprint density at radius 3 is 2.48 bits per heavy atom. The van der Waals surface area contributed by atoms with Crippen LogP contribution in [0.1, 0.15) is 42.1 Å². The Balaban J connectivity index is 1.62. The van der Waals surface area contributed by atoms with E-state index < -0.39 is 35.0 Å². The fourth-order valence-electron chi connectivity index (χ4n) is 4.86. The number of fused-ring (bicyclic) bond motifs is 1. The number of nitriles is 1. The average molecular weight is 668 g/mol. The molecule has 0 saturated heterocycles. The fourth-order valence-corrected chi connectivity index (χ4v) is 5.99. The minimum absolute atomic E-state index is 0.0726. The number of aromatic nitrogens is 1. The molecule has 1 atom stereocenters. The summed E-state index contributed by atoms with van der Waals surface area (Å²) >= 11 is 6.79. The fraction of sp³-hybridized carbons (Fsp3) is 0.212. The van der Waals surface area contributed by atoms with E-state index in [1.54, 1.807) is 49.4 Å². The second kappa shape index (κ2) is 13.6. The van der Waals surface area contributed by atoms with E-state index in [1.165, 1.54) is 37.3 Å². The first-order valence-corrected chi connectivity index (χ1v) is 15.2. The molecule has 1 aromatic heterocycles. The molecule has 8 nitrogen and oxygen atoms in total. The van der Waals surface area contributed by atoms with Crippen molar-refractivity contribution in [2.75, 3.05) is 13.2 Å². The van der Waals surface area contributed by atoms with Crippen LogP contribution in [0.2, 0.25) is 5.02 Å². The van der Waals surface area contributed by atoms with E-state index in [-0.39, 0.29) is 28.1 Å². The molecule has 0 unspecified atom stereocenters. The highest BCUT2D eigenvalue weighted by Gasteiger charge is 2.45. The molecule has 0 N–H and O–H groups in total. The predicted molar refractivity (Wildman–Crippen MR) is 165 cm³/mol. The third-order valence-electron chi connectivity index (χ3n) is 6.87. The first-order chi connectivity index (χ1) is 22.0. The first kappa shape index (κ1) is 32.5. The van der Waals surface area contributed by atoms with Gasteiger partial charge in [0.05, 0.1) is 41.0 Å². The van der Waals surface area contributed by atoms with Crippen molar-refractivity contribution < 1.29 is 32.2 Å². The summed E-state index contributed by atoms with van der Waals surface area (Å²) in [5, 5.41) is 9.69. The molecule has 0 spiro atoms. The van der Waals surface area contributed by atoms with Gasteiger partial charge in [0.2, 0.25) is 0 Å². The van der Waals surface area contributed by atoms with Crippen molar-refractivity contribution in [1.29, 1.82) is 5.26 Å². The highest BCUT2D eigenvalue weighted by atomic mass is 35.5. The molecule has 0 radical (unpaired) electrons. The molecule has 0 bridgehead atoms. The molecular weight excluding hydrogens is 643 g/mol. The summed E-state index contributed by atoms with van der Waals surface area (Å²) in [6.07, 6.45) is -3.51. The van der Waals surface area contributed by atoms with E-state index in [0.717, 1.165) is 15.9 Å². The van der Waals surface area contributed by atoms with Crippen LogP contribution in [0.25, 0.3) is 6.08 Å². The van der Waals surface area contributed by atoms with Gasteiger partial charge < -0.3 is 14.2 Å². The highest BCUT2D eigenvalue weighted by molar-refractivity contribution is 7.07. The summed E-state index contributed by atoms with van der Waals surface area (Å²) in [5.74, 6) is -0.478. The van der Waals surface area contributed by atoms with Crippen LogP contribution in [-0.4, -0.2) is 29.9 Å². The van der Waals surface area contributed by atoms with E-state index in [2.05, 4.69) is 11.1 Å². The maximum absolute atomic E-state index is 14.3. The second-order valence-electron chi connectivity index (χ2n) is 9.81. The lowest BCUT2D eigenvalue weighted by Crippen LogP contribution is -2.41. The van der Waals surface area contributed by atoms with Gasteiger partial charge in [0.15, 0.2) is 22.0 Å². The minimum Gasteiger partial charge on any atom is -0.490 e. The Labute approximate surface area is 269 Å². The second-order valence-corrected chi connectivity index (χ2v) is 11.3. The third-order valence-corrected chi connectivity index (χ3v) is 8.10. The Bertz CT molecular complexity index is 2050. The molecular formula is C33H25ClF3N3O5S. The number of allylic oxidation sites excluding steroid dienone is 1. The van der Waals surface area contributed by atoms with Crippen LogP contribution < -0.4 is 24.4 Å². The number of thiazole rings is 1. The van der Waals surface area contributed by atoms with Crippen molar-refractivity contribution in [2.24, 2.45) is 4.99 Å². The van der Waals surface area contributed by atoms with Gasteiger partial charge in [-0.15, -0.1) is 0 Å². The van der Waals surface area contributed by atoms with Crippen molar-refractivity contribution >= 4 is 35.0 Å². The lowest BCUT2D eigenvalue weighted by atomic mass is 9.95. The van der Waals surface area contributed by atoms with Crippen LogP contribution in [0, 0.1) is 11.3 Å².